The van der Waals surface area contributed by atoms with Gasteiger partial charge in [-0.1, -0.05) is 5.21 Å². The zero-order valence-electron chi connectivity index (χ0n) is 15.7. The van der Waals surface area contributed by atoms with E-state index in [-0.39, 0.29) is 0 Å². The van der Waals surface area contributed by atoms with Crippen molar-refractivity contribution in [2.45, 2.75) is 6.54 Å². The Labute approximate surface area is 189 Å². The van der Waals surface area contributed by atoms with Crippen molar-refractivity contribution in [1.29, 1.82) is 10.5 Å². The Hall–Kier alpha value is -4.03. The summed E-state index contributed by atoms with van der Waals surface area (Å²) in [6.07, 6.45) is 1.70. The van der Waals surface area contributed by atoms with Gasteiger partial charge >= 0.3 is 0 Å². The van der Waals surface area contributed by atoms with Gasteiger partial charge in [0.2, 0.25) is 0 Å². The van der Waals surface area contributed by atoms with Gasteiger partial charge in [0.05, 0.1) is 44.6 Å². The summed E-state index contributed by atoms with van der Waals surface area (Å²) in [6, 6.07) is 16.4. The van der Waals surface area contributed by atoms with Crippen LogP contribution >= 0.6 is 22.6 Å². The van der Waals surface area contributed by atoms with Crippen molar-refractivity contribution < 1.29 is 4.74 Å². The fourth-order valence-electron chi connectivity index (χ4n) is 3.28. The van der Waals surface area contributed by atoms with Crippen LogP contribution in [0.3, 0.4) is 0 Å². The smallest absolute Gasteiger partial charge is 0.181 e. The molecule has 2 aromatic carbocycles. The maximum atomic E-state index is 9.22. The van der Waals surface area contributed by atoms with E-state index in [0.29, 0.717) is 40.3 Å². The highest BCUT2D eigenvalue weighted by Crippen LogP contribution is 2.34. The first-order valence-electron chi connectivity index (χ1n) is 9.09. The minimum Gasteiger partial charge on any atom is -0.454 e. The molecule has 3 aromatic heterocycles. The second-order valence-electron chi connectivity index (χ2n) is 6.64. The summed E-state index contributed by atoms with van der Waals surface area (Å²) in [5, 5.41) is 35.2. The lowest BCUT2D eigenvalue weighted by atomic mass is 10.1. The van der Waals surface area contributed by atoms with Crippen LogP contribution in [0, 0.1) is 26.2 Å². The monoisotopic (exact) mass is 518 g/mol. The second kappa shape index (κ2) is 7.66. The highest BCUT2D eigenvalue weighted by Gasteiger charge is 2.17. The van der Waals surface area contributed by atoms with Crippen molar-refractivity contribution in [2.75, 3.05) is 0 Å². The first-order valence-corrected chi connectivity index (χ1v) is 10.2. The van der Waals surface area contributed by atoms with E-state index < -0.39 is 0 Å². The lowest BCUT2D eigenvalue weighted by Gasteiger charge is -2.09. The van der Waals surface area contributed by atoms with E-state index in [1.807, 2.05) is 36.4 Å². The number of halogens is 1. The van der Waals surface area contributed by atoms with Gasteiger partial charge in [-0.2, -0.15) is 15.6 Å². The molecule has 0 saturated carbocycles. The van der Waals surface area contributed by atoms with Crippen molar-refractivity contribution in [3.8, 4) is 23.6 Å². The molecule has 0 fully saturated rings. The van der Waals surface area contributed by atoms with Gasteiger partial charge in [0.15, 0.2) is 16.9 Å². The molecule has 10 heteroatoms. The van der Waals surface area contributed by atoms with E-state index in [2.05, 4.69) is 48.1 Å². The molecule has 0 aliphatic heterocycles. The third-order valence-electron chi connectivity index (χ3n) is 4.69. The summed E-state index contributed by atoms with van der Waals surface area (Å²) in [7, 11) is 0. The molecule has 0 bridgehead atoms. The third-order valence-corrected chi connectivity index (χ3v) is 5.54. The Morgan fingerprint density at radius 2 is 1.90 bits per heavy atom. The molecule has 0 aliphatic carbocycles. The van der Waals surface area contributed by atoms with E-state index in [4.69, 9.17) is 4.74 Å². The van der Waals surface area contributed by atoms with Crippen molar-refractivity contribution in [3.63, 3.8) is 0 Å². The third kappa shape index (κ3) is 3.43. The second-order valence-corrected chi connectivity index (χ2v) is 7.80. The summed E-state index contributed by atoms with van der Waals surface area (Å²) >= 11 is 2.16. The predicted molar refractivity (Wildman–Crippen MR) is 119 cm³/mol. The lowest BCUT2D eigenvalue weighted by molar-refractivity contribution is 0.483. The summed E-state index contributed by atoms with van der Waals surface area (Å²) < 4.78 is 8.65. The maximum Gasteiger partial charge on any atom is 0.181 e. The summed E-state index contributed by atoms with van der Waals surface area (Å²) in [5.41, 5.74) is 3.57. The molecule has 1 N–H and O–H groups in total. The molecule has 31 heavy (non-hydrogen) atoms. The van der Waals surface area contributed by atoms with Crippen LogP contribution < -0.4 is 4.74 Å². The number of fused-ring (bicyclic) bond motifs is 2. The van der Waals surface area contributed by atoms with Crippen molar-refractivity contribution in [3.05, 3.63) is 69.1 Å². The molecule has 0 spiro atoms. The molecule has 0 atom stereocenters. The number of rotatable bonds is 4. The predicted octanol–water partition coefficient (Wildman–Crippen LogP) is 3.89. The van der Waals surface area contributed by atoms with Crippen molar-refractivity contribution >= 4 is 44.7 Å². The fraction of sp³-hybridized carbons (Fsp3) is 0.0476. The fourth-order valence-corrected chi connectivity index (χ4v) is 3.82. The molecular weight excluding hydrogens is 507 g/mol. The normalized spacial score (nSPS) is 10.8. The van der Waals surface area contributed by atoms with Crippen LogP contribution in [-0.4, -0.2) is 30.2 Å². The highest BCUT2D eigenvalue weighted by atomic mass is 127. The molecule has 0 radical (unpaired) electrons. The van der Waals surface area contributed by atoms with E-state index in [1.165, 1.54) is 6.07 Å². The molecule has 0 aliphatic rings. The minimum absolute atomic E-state index is 0.347. The number of nitrogens with zero attached hydrogens (tertiary/aromatic N) is 7. The van der Waals surface area contributed by atoms with Gasteiger partial charge in [-0.25, -0.2) is 9.67 Å². The summed E-state index contributed by atoms with van der Waals surface area (Å²) in [4.78, 5) is 4.24. The van der Waals surface area contributed by atoms with E-state index in [9.17, 15) is 10.5 Å². The average Bonchev–Trinajstić information content (AvgIpc) is 3.40. The molecule has 5 aromatic rings. The first-order chi connectivity index (χ1) is 15.2. The van der Waals surface area contributed by atoms with Crippen LogP contribution in [0.5, 0.6) is 11.5 Å². The number of nitriles is 2. The molecule has 0 saturated heterocycles. The van der Waals surface area contributed by atoms with Crippen LogP contribution in [-0.2, 0) is 6.54 Å². The first kappa shape index (κ1) is 19.0. The molecule has 0 unspecified atom stereocenters. The number of hydrogen-bond acceptors (Lipinski definition) is 7. The zero-order valence-corrected chi connectivity index (χ0v) is 17.9. The van der Waals surface area contributed by atoms with Gasteiger partial charge in [-0.15, -0.1) is 5.10 Å². The van der Waals surface area contributed by atoms with Gasteiger partial charge in [0.1, 0.15) is 5.75 Å². The largest absolute Gasteiger partial charge is 0.454 e. The van der Waals surface area contributed by atoms with Crippen LogP contribution in [0.25, 0.3) is 22.1 Å². The Bertz CT molecular complexity index is 1510. The van der Waals surface area contributed by atoms with Gasteiger partial charge in [0, 0.05) is 11.6 Å². The number of ether oxygens (including phenoxy) is 1. The maximum absolute atomic E-state index is 9.22. The van der Waals surface area contributed by atoms with Crippen molar-refractivity contribution in [2.24, 2.45) is 0 Å². The topological polar surface area (TPSA) is 129 Å². The van der Waals surface area contributed by atoms with Gasteiger partial charge in [-0.3, -0.25) is 5.10 Å². The molecule has 148 valence electrons. The number of aromatic amines is 1. The number of aromatic nitrogens is 6. The van der Waals surface area contributed by atoms with Crippen molar-refractivity contribution in [1.82, 2.24) is 30.2 Å². The summed E-state index contributed by atoms with van der Waals surface area (Å²) in [6.45, 7) is 0.432. The van der Waals surface area contributed by atoms with Crippen LogP contribution in [0.2, 0.25) is 0 Å². The molecule has 0 amide bonds. The number of H-pyrrole nitrogens is 1. The molecule has 9 nitrogen and oxygen atoms in total. The van der Waals surface area contributed by atoms with Crippen LogP contribution in [0.1, 0.15) is 16.8 Å². The van der Waals surface area contributed by atoms with Gasteiger partial charge in [0.25, 0.3) is 0 Å². The van der Waals surface area contributed by atoms with Crippen LogP contribution in [0.4, 0.5) is 0 Å². The van der Waals surface area contributed by atoms with Gasteiger partial charge in [-0.05, 0) is 65.1 Å². The van der Waals surface area contributed by atoms with Crippen LogP contribution in [0.15, 0.2) is 48.7 Å². The zero-order chi connectivity index (χ0) is 21.4. The number of benzene rings is 2. The Kier molecular flexibility index (Phi) is 4.69. The Morgan fingerprint density at radius 1 is 1.10 bits per heavy atom. The van der Waals surface area contributed by atoms with E-state index >= 15 is 0 Å². The molecule has 3 heterocycles. The van der Waals surface area contributed by atoms with Gasteiger partial charge < -0.3 is 4.74 Å². The number of nitrogens with one attached hydrogen (secondary N) is 1. The molecular formula is C21H11IN8O. The standard InChI is InChI=1S/C21H11IN8O/c22-16-3-4-18-19(20(16)31-14-7-12(9-23)6-13(8-14)10-24)27-29-30(18)11-17-15-2-1-5-25-21(15)28-26-17/h1-8H,11H2,(H,25,26,28). The number of hydrogen-bond donors (Lipinski definition) is 1. The van der Waals surface area contributed by atoms with E-state index in [0.717, 1.165) is 20.2 Å². The Balaban J connectivity index is 1.55. The lowest BCUT2D eigenvalue weighted by Crippen LogP contribution is -2.02. The minimum atomic E-state index is 0.347. The quantitative estimate of drug-likeness (QED) is 0.358. The van der Waals surface area contributed by atoms with E-state index in [1.54, 1.807) is 23.0 Å². The number of pyridine rings is 1. The molecule has 5 rings (SSSR count). The highest BCUT2D eigenvalue weighted by molar-refractivity contribution is 14.1. The Morgan fingerprint density at radius 3 is 2.68 bits per heavy atom. The summed E-state index contributed by atoms with van der Waals surface area (Å²) in [5.74, 6) is 0.903. The average molecular weight is 518 g/mol. The SMILES string of the molecule is N#Cc1cc(C#N)cc(Oc2c(I)ccc3c2nnn3Cc2[nH]nc3ncccc23)c1.